The maximum absolute atomic E-state index is 12.2. The first kappa shape index (κ1) is 12.9. The third kappa shape index (κ3) is 2.23. The van der Waals surface area contributed by atoms with E-state index < -0.39 is 0 Å². The second-order valence-electron chi connectivity index (χ2n) is 5.64. The van der Waals surface area contributed by atoms with Crippen LogP contribution in [0.15, 0.2) is 40.9 Å². The van der Waals surface area contributed by atoms with Crippen molar-refractivity contribution in [2.75, 3.05) is 10.6 Å². The van der Waals surface area contributed by atoms with Crippen LogP contribution in [0.4, 0.5) is 11.4 Å². The van der Waals surface area contributed by atoms with Gasteiger partial charge >= 0.3 is 0 Å². The number of carbonyl (C=O) groups is 1. The van der Waals surface area contributed by atoms with Gasteiger partial charge in [0, 0.05) is 21.4 Å². The number of hydrogen-bond donors (Lipinski definition) is 2. The van der Waals surface area contributed by atoms with Gasteiger partial charge in [0.2, 0.25) is 0 Å². The Kier molecular flexibility index (Phi) is 3.00. The smallest absolute Gasteiger partial charge is 0.251 e. The maximum atomic E-state index is 12.2. The van der Waals surface area contributed by atoms with Crippen molar-refractivity contribution in [1.29, 1.82) is 0 Å². The van der Waals surface area contributed by atoms with Crippen molar-refractivity contribution in [1.82, 2.24) is 0 Å². The van der Waals surface area contributed by atoms with Gasteiger partial charge < -0.3 is 10.6 Å². The van der Waals surface area contributed by atoms with Gasteiger partial charge in [-0.3, -0.25) is 4.79 Å². The van der Waals surface area contributed by atoms with E-state index in [1.165, 1.54) is 24.0 Å². The van der Waals surface area contributed by atoms with Gasteiger partial charge in [-0.1, -0.05) is 22.0 Å². The van der Waals surface area contributed by atoms with Crippen LogP contribution >= 0.6 is 15.9 Å². The first-order chi connectivity index (χ1) is 10.2. The second-order valence-corrected chi connectivity index (χ2v) is 6.55. The average molecular weight is 343 g/mol. The average Bonchev–Trinajstić information content (AvgIpc) is 3.04. The Hall–Kier alpha value is -1.81. The van der Waals surface area contributed by atoms with Crippen LogP contribution in [0.2, 0.25) is 0 Å². The van der Waals surface area contributed by atoms with Gasteiger partial charge in [0.15, 0.2) is 0 Å². The van der Waals surface area contributed by atoms with E-state index in [0.717, 1.165) is 27.8 Å². The van der Waals surface area contributed by atoms with Gasteiger partial charge in [0.1, 0.15) is 6.04 Å². The summed E-state index contributed by atoms with van der Waals surface area (Å²) in [6.07, 6.45) is 3.55. The highest BCUT2D eigenvalue weighted by atomic mass is 79.9. The van der Waals surface area contributed by atoms with Crippen molar-refractivity contribution in [3.8, 4) is 0 Å². The molecule has 0 spiro atoms. The van der Waals surface area contributed by atoms with Gasteiger partial charge in [-0.2, -0.15) is 0 Å². The molecule has 0 fully saturated rings. The Balaban J connectivity index is 1.66. The summed E-state index contributed by atoms with van der Waals surface area (Å²) in [5.74, 6) is 0.00333. The quantitative estimate of drug-likeness (QED) is 0.864. The standard InChI is InChI=1S/C17H15BrN2O/c18-12-5-7-15-14(9-12)16(17(21)20-15)19-13-6-4-10-2-1-3-11(10)8-13/h4-9,16,19H,1-3H2,(H,20,21). The van der Waals surface area contributed by atoms with E-state index in [9.17, 15) is 4.79 Å². The number of benzene rings is 2. The van der Waals surface area contributed by atoms with Gasteiger partial charge in [0.25, 0.3) is 5.91 Å². The summed E-state index contributed by atoms with van der Waals surface area (Å²) in [6, 6.07) is 12.0. The zero-order valence-corrected chi connectivity index (χ0v) is 13.0. The Morgan fingerprint density at radius 3 is 2.86 bits per heavy atom. The molecule has 1 amide bonds. The lowest BCUT2D eigenvalue weighted by atomic mass is 10.1. The molecule has 4 rings (SSSR count). The van der Waals surface area contributed by atoms with E-state index in [0.29, 0.717) is 0 Å². The summed E-state index contributed by atoms with van der Waals surface area (Å²) in [7, 11) is 0. The number of fused-ring (bicyclic) bond motifs is 2. The minimum Gasteiger partial charge on any atom is -0.370 e. The first-order valence-corrected chi connectivity index (χ1v) is 7.99. The molecule has 2 aliphatic rings. The van der Waals surface area contributed by atoms with E-state index >= 15 is 0 Å². The topological polar surface area (TPSA) is 41.1 Å². The number of hydrogen-bond acceptors (Lipinski definition) is 2. The van der Waals surface area contributed by atoms with Crippen LogP contribution in [0.1, 0.15) is 29.2 Å². The van der Waals surface area contributed by atoms with E-state index in [2.05, 4.69) is 44.8 Å². The molecular weight excluding hydrogens is 328 g/mol. The molecule has 0 saturated carbocycles. The van der Waals surface area contributed by atoms with Crippen LogP contribution in [0, 0.1) is 0 Å². The lowest BCUT2D eigenvalue weighted by molar-refractivity contribution is -0.116. The van der Waals surface area contributed by atoms with E-state index in [1.807, 2.05) is 18.2 Å². The van der Waals surface area contributed by atoms with E-state index in [-0.39, 0.29) is 11.9 Å². The largest absolute Gasteiger partial charge is 0.370 e. The molecular formula is C17H15BrN2O. The first-order valence-electron chi connectivity index (χ1n) is 7.19. The van der Waals surface area contributed by atoms with Crippen molar-refractivity contribution in [2.24, 2.45) is 0 Å². The van der Waals surface area contributed by atoms with Crippen molar-refractivity contribution < 1.29 is 4.79 Å². The third-order valence-corrected chi connectivity index (χ3v) is 4.75. The van der Waals surface area contributed by atoms with Crippen molar-refractivity contribution >= 4 is 33.2 Å². The maximum Gasteiger partial charge on any atom is 0.251 e. The third-order valence-electron chi connectivity index (χ3n) is 4.25. The fourth-order valence-corrected chi connectivity index (χ4v) is 3.58. The van der Waals surface area contributed by atoms with Crippen LogP contribution in [0.25, 0.3) is 0 Å². The summed E-state index contributed by atoms with van der Waals surface area (Å²) < 4.78 is 0.985. The Morgan fingerprint density at radius 2 is 1.95 bits per heavy atom. The molecule has 21 heavy (non-hydrogen) atoms. The molecule has 0 bridgehead atoms. The number of halogens is 1. The van der Waals surface area contributed by atoms with Crippen LogP contribution in [0.3, 0.4) is 0 Å². The molecule has 1 atom stereocenters. The molecule has 106 valence electrons. The predicted molar refractivity (Wildman–Crippen MR) is 87.6 cm³/mol. The number of nitrogens with one attached hydrogen (secondary N) is 2. The second kappa shape index (κ2) is 4.88. The fourth-order valence-electron chi connectivity index (χ4n) is 3.20. The van der Waals surface area contributed by atoms with E-state index in [4.69, 9.17) is 0 Å². The minimum atomic E-state index is -0.322. The van der Waals surface area contributed by atoms with Crippen LogP contribution in [-0.4, -0.2) is 5.91 Å². The molecule has 2 aromatic rings. The molecule has 2 aromatic carbocycles. The van der Waals surface area contributed by atoms with Gasteiger partial charge in [-0.15, -0.1) is 0 Å². The Labute approximate surface area is 131 Å². The van der Waals surface area contributed by atoms with Crippen molar-refractivity contribution in [2.45, 2.75) is 25.3 Å². The lowest BCUT2D eigenvalue weighted by Crippen LogP contribution is -2.19. The molecule has 1 unspecified atom stereocenters. The number of aryl methyl sites for hydroxylation is 2. The summed E-state index contributed by atoms with van der Waals surface area (Å²) >= 11 is 3.47. The zero-order chi connectivity index (χ0) is 14.4. The van der Waals surface area contributed by atoms with Crippen LogP contribution in [0.5, 0.6) is 0 Å². The summed E-state index contributed by atoms with van der Waals surface area (Å²) in [5, 5.41) is 6.30. The molecule has 1 aliphatic heterocycles. The molecule has 1 aliphatic carbocycles. The molecule has 2 N–H and O–H groups in total. The highest BCUT2D eigenvalue weighted by molar-refractivity contribution is 9.10. The van der Waals surface area contributed by atoms with Gasteiger partial charge in [0.05, 0.1) is 0 Å². The van der Waals surface area contributed by atoms with Gasteiger partial charge in [-0.05, 0) is 60.7 Å². The van der Waals surface area contributed by atoms with Crippen LogP contribution in [-0.2, 0) is 17.6 Å². The predicted octanol–water partition coefficient (Wildman–Crippen LogP) is 4.04. The number of anilines is 2. The fraction of sp³-hybridized carbons (Fsp3) is 0.235. The highest BCUT2D eigenvalue weighted by Gasteiger charge is 2.30. The summed E-state index contributed by atoms with van der Waals surface area (Å²) in [4.78, 5) is 12.2. The monoisotopic (exact) mass is 342 g/mol. The molecule has 1 heterocycles. The summed E-state index contributed by atoms with van der Waals surface area (Å²) in [5.41, 5.74) is 5.76. The SMILES string of the molecule is O=C1Nc2ccc(Br)cc2C1Nc1ccc2c(c1)CCC2. The molecule has 3 nitrogen and oxygen atoms in total. The number of carbonyl (C=O) groups excluding carboxylic acids is 1. The zero-order valence-electron chi connectivity index (χ0n) is 11.4. The van der Waals surface area contributed by atoms with Crippen molar-refractivity contribution in [3.05, 3.63) is 57.6 Å². The van der Waals surface area contributed by atoms with Crippen LogP contribution < -0.4 is 10.6 Å². The number of amides is 1. The van der Waals surface area contributed by atoms with Gasteiger partial charge in [-0.25, -0.2) is 0 Å². The molecule has 0 aromatic heterocycles. The highest BCUT2D eigenvalue weighted by Crippen LogP contribution is 2.36. The van der Waals surface area contributed by atoms with Crippen molar-refractivity contribution in [3.63, 3.8) is 0 Å². The number of rotatable bonds is 2. The normalized spacial score (nSPS) is 19.1. The Bertz CT molecular complexity index is 742. The molecule has 4 heteroatoms. The molecule has 0 radical (unpaired) electrons. The van der Waals surface area contributed by atoms with E-state index in [1.54, 1.807) is 0 Å². The summed E-state index contributed by atoms with van der Waals surface area (Å²) in [6.45, 7) is 0. The Morgan fingerprint density at radius 1 is 1.10 bits per heavy atom. The lowest BCUT2D eigenvalue weighted by Gasteiger charge is -2.14. The minimum absolute atomic E-state index is 0.00333. The molecule has 0 saturated heterocycles.